The number of nitrogens with two attached hydrogens (primary N) is 1. The third kappa shape index (κ3) is 2.07. The largest absolute Gasteiger partial charge is 0.386 e. The average Bonchev–Trinajstić information content (AvgIpc) is 2.27. The van der Waals surface area contributed by atoms with E-state index in [2.05, 4.69) is 20.6 Å². The summed E-state index contributed by atoms with van der Waals surface area (Å²) < 4.78 is 0. The number of carbonyl (C=O) groups excluding carboxylic acids is 1. The first-order valence-corrected chi connectivity index (χ1v) is 5.11. The molecule has 0 saturated carbocycles. The molecule has 2 atom stereocenters. The Hall–Kier alpha value is -2.09. The van der Waals surface area contributed by atoms with Gasteiger partial charge in [-0.3, -0.25) is 14.6 Å². The Kier molecular flexibility index (Phi) is 2.72. The van der Waals surface area contributed by atoms with E-state index < -0.39 is 17.7 Å². The highest BCUT2D eigenvalue weighted by Crippen LogP contribution is 2.20. The number of nitrogen functional groups attached to an aromatic ring is 1. The predicted octanol–water partition coefficient (Wildman–Crippen LogP) is -1.49. The molecule has 17 heavy (non-hydrogen) atoms. The number of rotatable bonds is 2. The Bertz CT molecular complexity index is 510. The van der Waals surface area contributed by atoms with Gasteiger partial charge >= 0.3 is 0 Å². The number of nitrogens with one attached hydrogen (secondary N) is 3. The summed E-state index contributed by atoms with van der Waals surface area (Å²) in [5.41, 5.74) is 5.09. The fourth-order valence-corrected chi connectivity index (χ4v) is 1.64. The molecule has 0 aliphatic carbocycles. The molecule has 0 amide bonds. The normalized spacial score (nSPS) is 19.8. The van der Waals surface area contributed by atoms with Crippen LogP contribution in [0.3, 0.4) is 0 Å². The Morgan fingerprint density at radius 3 is 3.00 bits per heavy atom. The van der Waals surface area contributed by atoms with Crippen LogP contribution in [-0.2, 0) is 4.79 Å². The number of anilines is 3. The van der Waals surface area contributed by atoms with Gasteiger partial charge in [0.2, 0.25) is 5.95 Å². The van der Waals surface area contributed by atoms with Crippen molar-refractivity contribution < 1.29 is 9.90 Å². The van der Waals surface area contributed by atoms with Crippen molar-refractivity contribution >= 4 is 23.2 Å². The number of hydrogen-bond donors (Lipinski definition) is 5. The van der Waals surface area contributed by atoms with E-state index in [-0.39, 0.29) is 24.0 Å². The van der Waals surface area contributed by atoms with Crippen molar-refractivity contribution in [3.8, 4) is 0 Å². The Labute approximate surface area is 96.2 Å². The third-order valence-corrected chi connectivity index (χ3v) is 2.49. The number of fused-ring (bicyclic) bond motifs is 1. The van der Waals surface area contributed by atoms with Gasteiger partial charge in [-0.2, -0.15) is 4.98 Å². The van der Waals surface area contributed by atoms with Gasteiger partial charge in [-0.15, -0.1) is 0 Å². The maximum atomic E-state index is 11.6. The fourth-order valence-electron chi connectivity index (χ4n) is 1.64. The van der Waals surface area contributed by atoms with E-state index in [9.17, 15) is 14.7 Å². The van der Waals surface area contributed by atoms with E-state index in [0.29, 0.717) is 5.82 Å². The molecule has 1 aliphatic rings. The molecule has 1 aromatic heterocycles. The van der Waals surface area contributed by atoms with E-state index in [0.717, 1.165) is 0 Å². The molecule has 0 spiro atoms. The number of ketones is 1. The summed E-state index contributed by atoms with van der Waals surface area (Å²) in [6.07, 6.45) is -1.09. The standard InChI is InChI=1S/C9H13N5O3/c1-3(15)6(16)4-2-11-7-5(12-4)8(17)14-9(10)13-7/h3-4,12,15H,2H2,1H3,(H4,10,11,13,14,17)/t3-,4+/m0/s1. The summed E-state index contributed by atoms with van der Waals surface area (Å²) in [5, 5.41) is 14.8. The van der Waals surface area contributed by atoms with Crippen LogP contribution in [0.4, 0.5) is 17.5 Å². The Morgan fingerprint density at radius 2 is 2.35 bits per heavy atom. The fraction of sp³-hybridized carbons (Fsp3) is 0.444. The first kappa shape index (κ1) is 11.4. The molecule has 2 rings (SSSR count). The molecular weight excluding hydrogens is 226 g/mol. The Balaban J connectivity index is 2.31. The zero-order valence-corrected chi connectivity index (χ0v) is 9.15. The minimum absolute atomic E-state index is 0.00310. The molecule has 0 radical (unpaired) electrons. The second kappa shape index (κ2) is 4.06. The molecule has 1 aromatic rings. The van der Waals surface area contributed by atoms with Crippen molar-refractivity contribution in [1.82, 2.24) is 9.97 Å². The van der Waals surface area contributed by atoms with E-state index in [1.54, 1.807) is 0 Å². The van der Waals surface area contributed by atoms with Crippen LogP contribution in [0.1, 0.15) is 6.92 Å². The quantitative estimate of drug-likeness (QED) is 0.424. The molecule has 6 N–H and O–H groups in total. The van der Waals surface area contributed by atoms with Crippen LogP contribution >= 0.6 is 0 Å². The average molecular weight is 239 g/mol. The van der Waals surface area contributed by atoms with Gasteiger partial charge in [0.25, 0.3) is 5.56 Å². The van der Waals surface area contributed by atoms with Crippen LogP contribution in [0, 0.1) is 0 Å². The van der Waals surface area contributed by atoms with Crippen LogP contribution in [0.2, 0.25) is 0 Å². The van der Waals surface area contributed by atoms with Gasteiger partial charge in [-0.05, 0) is 6.92 Å². The SMILES string of the molecule is C[C@H](O)C(=O)[C@H]1CNc2nc(N)[nH]c(=O)c2N1. The van der Waals surface area contributed by atoms with Crippen molar-refractivity contribution in [2.75, 3.05) is 22.9 Å². The second-order valence-corrected chi connectivity index (χ2v) is 3.83. The second-order valence-electron chi connectivity index (χ2n) is 3.83. The van der Waals surface area contributed by atoms with Gasteiger partial charge in [-0.1, -0.05) is 0 Å². The molecular formula is C9H13N5O3. The minimum Gasteiger partial charge on any atom is -0.386 e. The van der Waals surface area contributed by atoms with Gasteiger partial charge in [-0.25, -0.2) is 0 Å². The maximum Gasteiger partial charge on any atom is 0.277 e. The lowest BCUT2D eigenvalue weighted by molar-refractivity contribution is -0.126. The number of Topliss-reactive ketones (excluding diaryl/α,β-unsaturated/α-hetero) is 1. The highest BCUT2D eigenvalue weighted by molar-refractivity contribution is 5.92. The van der Waals surface area contributed by atoms with Crippen LogP contribution in [0.25, 0.3) is 0 Å². The first-order valence-electron chi connectivity index (χ1n) is 5.11. The van der Waals surface area contributed by atoms with Gasteiger partial charge in [0.05, 0.1) is 0 Å². The van der Waals surface area contributed by atoms with Crippen LogP contribution in [0.5, 0.6) is 0 Å². The van der Waals surface area contributed by atoms with Gasteiger partial charge < -0.3 is 21.5 Å². The molecule has 8 nitrogen and oxygen atoms in total. The van der Waals surface area contributed by atoms with Crippen LogP contribution < -0.4 is 21.9 Å². The summed E-state index contributed by atoms with van der Waals surface area (Å²) in [4.78, 5) is 29.4. The highest BCUT2D eigenvalue weighted by atomic mass is 16.3. The third-order valence-electron chi connectivity index (χ3n) is 2.49. The number of aromatic nitrogens is 2. The van der Waals surface area contributed by atoms with E-state index >= 15 is 0 Å². The summed E-state index contributed by atoms with van der Waals surface area (Å²) in [6, 6.07) is -0.658. The van der Waals surface area contributed by atoms with E-state index in [1.807, 2.05) is 0 Å². The van der Waals surface area contributed by atoms with Gasteiger partial charge in [0, 0.05) is 6.54 Å². The summed E-state index contributed by atoms with van der Waals surface area (Å²) in [6.45, 7) is 1.62. The molecule has 92 valence electrons. The monoisotopic (exact) mass is 239 g/mol. The van der Waals surface area contributed by atoms with Crippen molar-refractivity contribution in [2.45, 2.75) is 19.1 Å². The molecule has 0 bridgehead atoms. The topological polar surface area (TPSA) is 133 Å². The lowest BCUT2D eigenvalue weighted by Gasteiger charge is -2.26. The predicted molar refractivity (Wildman–Crippen MR) is 61.9 cm³/mol. The zero-order chi connectivity index (χ0) is 12.6. The Morgan fingerprint density at radius 1 is 1.65 bits per heavy atom. The smallest absolute Gasteiger partial charge is 0.277 e. The highest BCUT2D eigenvalue weighted by Gasteiger charge is 2.28. The molecule has 8 heteroatoms. The van der Waals surface area contributed by atoms with Crippen molar-refractivity contribution in [1.29, 1.82) is 0 Å². The molecule has 1 aliphatic heterocycles. The minimum atomic E-state index is -1.09. The first-order chi connectivity index (χ1) is 7.99. The van der Waals surface area contributed by atoms with Crippen molar-refractivity contribution in [3.63, 3.8) is 0 Å². The van der Waals surface area contributed by atoms with Crippen LogP contribution in [-0.4, -0.2) is 39.5 Å². The molecule has 2 heterocycles. The molecule has 0 saturated heterocycles. The zero-order valence-electron chi connectivity index (χ0n) is 9.15. The van der Waals surface area contributed by atoms with E-state index in [1.165, 1.54) is 6.92 Å². The number of carbonyl (C=O) groups is 1. The molecule has 0 aromatic carbocycles. The van der Waals surface area contributed by atoms with E-state index in [4.69, 9.17) is 5.73 Å². The number of aromatic amines is 1. The molecule has 0 unspecified atom stereocenters. The number of hydrogen-bond acceptors (Lipinski definition) is 7. The van der Waals surface area contributed by atoms with Gasteiger partial charge in [0.15, 0.2) is 11.6 Å². The lowest BCUT2D eigenvalue weighted by atomic mass is 10.1. The maximum absolute atomic E-state index is 11.6. The number of aliphatic hydroxyl groups excluding tert-OH is 1. The molecule has 0 fully saturated rings. The number of nitrogens with zero attached hydrogens (tertiary/aromatic N) is 1. The van der Waals surface area contributed by atoms with Crippen LogP contribution in [0.15, 0.2) is 4.79 Å². The number of H-pyrrole nitrogens is 1. The summed E-state index contributed by atoms with van der Waals surface area (Å²) in [5.74, 6) is -0.0800. The van der Waals surface area contributed by atoms with Crippen molar-refractivity contribution in [2.24, 2.45) is 0 Å². The summed E-state index contributed by atoms with van der Waals surface area (Å²) >= 11 is 0. The van der Waals surface area contributed by atoms with Gasteiger partial charge in [0.1, 0.15) is 17.8 Å². The summed E-state index contributed by atoms with van der Waals surface area (Å²) in [7, 11) is 0. The number of aliphatic hydroxyl groups is 1. The van der Waals surface area contributed by atoms with Crippen molar-refractivity contribution in [3.05, 3.63) is 10.4 Å². The lowest BCUT2D eigenvalue weighted by Crippen LogP contribution is -2.45.